The van der Waals surface area contributed by atoms with E-state index < -0.39 is 5.97 Å². The summed E-state index contributed by atoms with van der Waals surface area (Å²) in [6.45, 7) is 4.14. The molecule has 76 valence electrons. The lowest BCUT2D eigenvalue weighted by atomic mass is 10.4. The monoisotopic (exact) mass is 212 g/mol. The molecular formula is C9H12N2O2S. The van der Waals surface area contributed by atoms with E-state index in [0.717, 1.165) is 6.42 Å². The van der Waals surface area contributed by atoms with Crippen molar-refractivity contribution < 1.29 is 9.90 Å². The number of aromatic nitrogens is 2. The van der Waals surface area contributed by atoms with Crippen molar-refractivity contribution in [2.75, 3.05) is 0 Å². The van der Waals surface area contributed by atoms with E-state index in [2.05, 4.69) is 23.8 Å². The van der Waals surface area contributed by atoms with Crippen molar-refractivity contribution in [1.82, 2.24) is 9.97 Å². The average molecular weight is 212 g/mol. The fraction of sp³-hybridized carbons (Fsp3) is 0.444. The fourth-order valence-corrected chi connectivity index (χ4v) is 1.65. The van der Waals surface area contributed by atoms with Crippen LogP contribution in [-0.4, -0.2) is 26.3 Å². The molecule has 14 heavy (non-hydrogen) atoms. The highest BCUT2D eigenvalue weighted by Gasteiger charge is 2.08. The van der Waals surface area contributed by atoms with Gasteiger partial charge in [0.2, 0.25) is 0 Å². The third kappa shape index (κ3) is 2.99. The molecule has 1 rings (SSSR count). The van der Waals surface area contributed by atoms with E-state index in [0.29, 0.717) is 10.3 Å². The Hall–Kier alpha value is -1.10. The van der Waals surface area contributed by atoms with E-state index >= 15 is 0 Å². The maximum Gasteiger partial charge on any atom is 0.356 e. The summed E-state index contributed by atoms with van der Waals surface area (Å²) in [5.41, 5.74) is -0.00157. The summed E-state index contributed by atoms with van der Waals surface area (Å²) in [6.07, 6.45) is 3.86. The molecule has 0 fully saturated rings. The third-order valence-electron chi connectivity index (χ3n) is 1.73. The minimum atomic E-state index is -1.04. The van der Waals surface area contributed by atoms with Crippen LogP contribution in [0, 0.1) is 0 Å². The minimum absolute atomic E-state index is 0.00157. The Labute approximate surface area is 86.8 Å². The van der Waals surface area contributed by atoms with Crippen molar-refractivity contribution in [3.63, 3.8) is 0 Å². The molecule has 1 N–H and O–H groups in total. The highest BCUT2D eigenvalue weighted by atomic mass is 32.2. The maximum atomic E-state index is 10.6. The molecule has 0 aliphatic carbocycles. The number of hydrogen-bond donors (Lipinski definition) is 1. The Kier molecular flexibility index (Phi) is 3.88. The molecule has 1 atom stereocenters. The smallest absolute Gasteiger partial charge is 0.356 e. The van der Waals surface area contributed by atoms with Gasteiger partial charge >= 0.3 is 5.97 Å². The molecule has 1 unspecified atom stereocenters. The van der Waals surface area contributed by atoms with E-state index in [4.69, 9.17) is 5.11 Å². The van der Waals surface area contributed by atoms with Gasteiger partial charge in [-0.1, -0.05) is 13.8 Å². The van der Waals surface area contributed by atoms with Crippen molar-refractivity contribution in [1.29, 1.82) is 0 Å². The molecule has 4 nitrogen and oxygen atoms in total. The Morgan fingerprint density at radius 1 is 1.64 bits per heavy atom. The zero-order valence-corrected chi connectivity index (χ0v) is 8.91. The summed E-state index contributed by atoms with van der Waals surface area (Å²) >= 11 is 1.54. The molecule has 0 saturated heterocycles. The van der Waals surface area contributed by atoms with Crippen LogP contribution in [0.3, 0.4) is 0 Å². The molecule has 1 aromatic rings. The number of nitrogens with zero attached hydrogens (tertiary/aromatic N) is 2. The van der Waals surface area contributed by atoms with Gasteiger partial charge in [0, 0.05) is 5.25 Å². The van der Waals surface area contributed by atoms with Crippen molar-refractivity contribution >= 4 is 17.7 Å². The quantitative estimate of drug-likeness (QED) is 0.774. The topological polar surface area (TPSA) is 63.1 Å². The van der Waals surface area contributed by atoms with Gasteiger partial charge in [-0.15, -0.1) is 11.8 Å². The lowest BCUT2D eigenvalue weighted by molar-refractivity contribution is 0.0689. The van der Waals surface area contributed by atoms with Gasteiger partial charge in [0.05, 0.1) is 12.4 Å². The number of carbonyl (C=O) groups is 1. The van der Waals surface area contributed by atoms with Crippen LogP contribution in [0.15, 0.2) is 17.4 Å². The first-order chi connectivity index (χ1) is 6.63. The van der Waals surface area contributed by atoms with Crippen molar-refractivity contribution in [2.24, 2.45) is 0 Å². The summed E-state index contributed by atoms with van der Waals surface area (Å²) in [5.74, 6) is -1.04. The Bertz CT molecular complexity index is 330. The highest BCUT2D eigenvalue weighted by molar-refractivity contribution is 7.99. The summed E-state index contributed by atoms with van der Waals surface area (Å²) in [5, 5.41) is 9.78. The van der Waals surface area contributed by atoms with E-state index in [1.807, 2.05) is 0 Å². The normalized spacial score (nSPS) is 12.4. The second kappa shape index (κ2) is 4.95. The van der Waals surface area contributed by atoms with Crippen molar-refractivity contribution in [3.8, 4) is 0 Å². The van der Waals surface area contributed by atoms with Crippen LogP contribution >= 0.6 is 11.8 Å². The van der Waals surface area contributed by atoms with Gasteiger partial charge in [-0.2, -0.15) is 0 Å². The predicted molar refractivity (Wildman–Crippen MR) is 54.6 cm³/mol. The number of hydrogen-bond acceptors (Lipinski definition) is 4. The number of carboxylic acid groups (broad SMARTS) is 1. The minimum Gasteiger partial charge on any atom is -0.476 e. The predicted octanol–water partition coefficient (Wildman–Crippen LogP) is 2.07. The first kappa shape index (κ1) is 11.0. The second-order valence-electron chi connectivity index (χ2n) is 2.88. The molecule has 0 aromatic carbocycles. The lowest BCUT2D eigenvalue weighted by Gasteiger charge is -2.06. The van der Waals surface area contributed by atoms with Crippen molar-refractivity contribution in [3.05, 3.63) is 18.1 Å². The van der Waals surface area contributed by atoms with Gasteiger partial charge in [-0.05, 0) is 6.42 Å². The Balaban J connectivity index is 2.78. The molecule has 5 heteroatoms. The van der Waals surface area contributed by atoms with Gasteiger partial charge in [0.25, 0.3) is 0 Å². The molecule has 1 aromatic heterocycles. The van der Waals surface area contributed by atoms with Crippen LogP contribution in [0.5, 0.6) is 0 Å². The zero-order valence-electron chi connectivity index (χ0n) is 8.10. The van der Waals surface area contributed by atoms with Gasteiger partial charge in [-0.25, -0.2) is 9.78 Å². The van der Waals surface area contributed by atoms with Gasteiger partial charge in [0.1, 0.15) is 5.03 Å². The molecule has 0 bridgehead atoms. The largest absolute Gasteiger partial charge is 0.476 e. The number of rotatable bonds is 4. The van der Waals surface area contributed by atoms with Crippen LogP contribution in [0.25, 0.3) is 0 Å². The molecule has 0 aliphatic heterocycles. The number of thioether (sulfide) groups is 1. The SMILES string of the molecule is CCC(C)Sc1cncc(C(=O)O)n1. The molecule has 0 aliphatic rings. The summed E-state index contributed by atoms with van der Waals surface area (Å²) in [4.78, 5) is 18.4. The lowest BCUT2D eigenvalue weighted by Crippen LogP contribution is -2.03. The van der Waals surface area contributed by atoms with Gasteiger partial charge in [0.15, 0.2) is 5.69 Å². The maximum absolute atomic E-state index is 10.6. The molecular weight excluding hydrogens is 200 g/mol. The zero-order chi connectivity index (χ0) is 10.6. The fourth-order valence-electron chi connectivity index (χ4n) is 0.797. The second-order valence-corrected chi connectivity index (χ2v) is 4.34. The average Bonchev–Trinajstić information content (AvgIpc) is 2.18. The summed E-state index contributed by atoms with van der Waals surface area (Å²) in [6, 6.07) is 0. The van der Waals surface area contributed by atoms with Crippen LogP contribution in [0.4, 0.5) is 0 Å². The molecule has 0 spiro atoms. The van der Waals surface area contributed by atoms with Gasteiger partial charge in [-0.3, -0.25) is 4.98 Å². The first-order valence-corrected chi connectivity index (χ1v) is 5.23. The standard InChI is InChI=1S/C9H12N2O2S/c1-3-6(2)14-8-5-10-4-7(11-8)9(12)13/h4-6H,3H2,1-2H3,(H,12,13). The molecule has 0 saturated carbocycles. The van der Waals surface area contributed by atoms with E-state index in [1.165, 1.54) is 18.0 Å². The highest BCUT2D eigenvalue weighted by Crippen LogP contribution is 2.22. The van der Waals surface area contributed by atoms with Gasteiger partial charge < -0.3 is 5.11 Å². The van der Waals surface area contributed by atoms with Crippen LogP contribution in [-0.2, 0) is 0 Å². The van der Waals surface area contributed by atoms with Crippen LogP contribution < -0.4 is 0 Å². The molecule has 0 radical (unpaired) electrons. The molecule has 1 heterocycles. The first-order valence-electron chi connectivity index (χ1n) is 4.35. The number of aromatic carboxylic acids is 1. The number of carboxylic acids is 1. The Morgan fingerprint density at radius 2 is 2.36 bits per heavy atom. The van der Waals surface area contributed by atoms with Crippen LogP contribution in [0.2, 0.25) is 0 Å². The Morgan fingerprint density at radius 3 is 2.93 bits per heavy atom. The summed E-state index contributed by atoms with van der Waals surface area (Å²) in [7, 11) is 0. The van der Waals surface area contributed by atoms with Crippen molar-refractivity contribution in [2.45, 2.75) is 30.5 Å². The van der Waals surface area contributed by atoms with Crippen LogP contribution in [0.1, 0.15) is 30.8 Å². The van der Waals surface area contributed by atoms with E-state index in [-0.39, 0.29) is 5.69 Å². The van der Waals surface area contributed by atoms with E-state index in [9.17, 15) is 4.79 Å². The third-order valence-corrected chi connectivity index (χ3v) is 2.90. The molecule has 0 amide bonds. The summed E-state index contributed by atoms with van der Waals surface area (Å²) < 4.78 is 0. The van der Waals surface area contributed by atoms with E-state index in [1.54, 1.807) is 6.20 Å².